The zero-order chi connectivity index (χ0) is 31.3. The Kier molecular flexibility index (Phi) is 8.13. The van der Waals surface area contributed by atoms with E-state index in [-0.39, 0.29) is 58.6 Å². The Balaban J connectivity index is 1.11. The minimum atomic E-state index is -0.566. The average molecular weight is 607 g/mol. The second-order valence-electron chi connectivity index (χ2n) is 13.5. The molecule has 11 heteroatoms. The molecule has 5 heterocycles. The molecule has 44 heavy (non-hydrogen) atoms. The summed E-state index contributed by atoms with van der Waals surface area (Å²) >= 11 is 0. The van der Waals surface area contributed by atoms with E-state index in [9.17, 15) is 19.1 Å². The summed E-state index contributed by atoms with van der Waals surface area (Å²) in [6.07, 6.45) is 6.01. The number of aliphatic hydroxyl groups excluding tert-OH is 1. The van der Waals surface area contributed by atoms with Gasteiger partial charge in [0.15, 0.2) is 11.6 Å². The van der Waals surface area contributed by atoms with Crippen molar-refractivity contribution in [1.29, 1.82) is 0 Å². The number of ether oxygens (including phenoxy) is 1. The van der Waals surface area contributed by atoms with Gasteiger partial charge >= 0.3 is 0 Å². The van der Waals surface area contributed by atoms with Crippen LogP contribution in [0, 0.1) is 17.2 Å². The number of carbonyl (C=O) groups excluding carboxylic acids is 2. The summed E-state index contributed by atoms with van der Waals surface area (Å²) in [6.45, 7) is 14.7. The first-order chi connectivity index (χ1) is 21.0. The van der Waals surface area contributed by atoms with E-state index in [0.29, 0.717) is 24.7 Å². The van der Waals surface area contributed by atoms with Crippen LogP contribution in [0.5, 0.6) is 11.5 Å². The van der Waals surface area contributed by atoms with Gasteiger partial charge in [-0.3, -0.25) is 14.9 Å². The summed E-state index contributed by atoms with van der Waals surface area (Å²) in [5, 5.41) is 13.8. The number of rotatable bonds is 7. The SMILES string of the molecule is C=C1[C@H]2CC[C@H](N[C@@H]2C(=O)N2CCC3(CC2)CN(c2ncncc2Oc2ccc(F)cc2C(=O)N(C(C)C)C(C)C)C3)[C@H]1O. The van der Waals surface area contributed by atoms with Gasteiger partial charge in [0, 0.05) is 55.6 Å². The van der Waals surface area contributed by atoms with Crippen molar-refractivity contribution in [2.75, 3.05) is 31.1 Å². The van der Waals surface area contributed by atoms with Crippen LogP contribution in [-0.4, -0.2) is 93.1 Å². The first kappa shape index (κ1) is 30.5. The van der Waals surface area contributed by atoms with Gasteiger partial charge in [0.2, 0.25) is 5.91 Å². The van der Waals surface area contributed by atoms with Gasteiger partial charge in [0.25, 0.3) is 5.91 Å². The van der Waals surface area contributed by atoms with Crippen molar-refractivity contribution in [1.82, 2.24) is 25.1 Å². The first-order valence-electron chi connectivity index (χ1n) is 15.7. The highest BCUT2D eigenvalue weighted by Crippen LogP contribution is 2.45. The van der Waals surface area contributed by atoms with E-state index in [1.165, 1.54) is 24.5 Å². The van der Waals surface area contributed by atoms with E-state index in [4.69, 9.17) is 4.74 Å². The van der Waals surface area contributed by atoms with Gasteiger partial charge in [-0.05, 0) is 77.2 Å². The van der Waals surface area contributed by atoms with Crippen LogP contribution < -0.4 is 15.0 Å². The Labute approximate surface area is 258 Å². The maximum Gasteiger partial charge on any atom is 0.258 e. The molecule has 4 atom stereocenters. The lowest BCUT2D eigenvalue weighted by Crippen LogP contribution is -2.66. The van der Waals surface area contributed by atoms with Gasteiger partial charge in [-0.25, -0.2) is 14.4 Å². The molecule has 10 nitrogen and oxygen atoms in total. The molecule has 2 amide bonds. The quantitative estimate of drug-likeness (QED) is 0.459. The number of hydrogen-bond donors (Lipinski definition) is 2. The first-order valence-corrected chi connectivity index (χ1v) is 15.7. The molecule has 2 bridgehead atoms. The normalized spacial score (nSPS) is 25.9. The number of amides is 2. The van der Waals surface area contributed by atoms with Crippen molar-refractivity contribution >= 4 is 17.6 Å². The maximum absolute atomic E-state index is 14.3. The minimum Gasteiger partial charge on any atom is -0.451 e. The van der Waals surface area contributed by atoms with Crippen molar-refractivity contribution in [3.8, 4) is 11.5 Å². The van der Waals surface area contributed by atoms with Gasteiger partial charge in [0.05, 0.1) is 23.9 Å². The van der Waals surface area contributed by atoms with Crippen LogP contribution in [0.4, 0.5) is 10.2 Å². The summed E-state index contributed by atoms with van der Waals surface area (Å²) in [5.74, 6) is 0.562. The number of piperidine rings is 3. The number of benzene rings is 1. The number of likely N-dealkylation sites (tertiary alicyclic amines) is 1. The molecule has 5 fully saturated rings. The second-order valence-corrected chi connectivity index (χ2v) is 13.5. The number of fused-ring (bicyclic) bond motifs is 3. The molecule has 1 spiro atoms. The number of nitrogens with one attached hydrogen (secondary N) is 1. The molecule has 4 saturated heterocycles. The van der Waals surface area contributed by atoms with Gasteiger partial charge in [0.1, 0.15) is 17.9 Å². The van der Waals surface area contributed by atoms with Crippen molar-refractivity contribution in [3.05, 3.63) is 54.3 Å². The van der Waals surface area contributed by atoms with Crippen molar-refractivity contribution in [2.24, 2.45) is 11.3 Å². The van der Waals surface area contributed by atoms with Crippen molar-refractivity contribution in [3.63, 3.8) is 0 Å². The number of nitrogens with zero attached hydrogens (tertiary/aromatic N) is 5. The Hall–Kier alpha value is -3.57. The van der Waals surface area contributed by atoms with Crippen LogP contribution in [0.3, 0.4) is 0 Å². The van der Waals surface area contributed by atoms with Crippen LogP contribution in [0.25, 0.3) is 0 Å². The summed E-state index contributed by atoms with van der Waals surface area (Å²) < 4.78 is 20.6. The van der Waals surface area contributed by atoms with E-state index in [0.717, 1.165) is 44.3 Å². The third-order valence-corrected chi connectivity index (χ3v) is 9.97. The zero-order valence-corrected chi connectivity index (χ0v) is 26.0. The Morgan fingerprint density at radius 1 is 1.14 bits per heavy atom. The molecule has 2 aromatic rings. The molecule has 0 radical (unpaired) electrons. The molecule has 1 saturated carbocycles. The smallest absolute Gasteiger partial charge is 0.258 e. The minimum absolute atomic E-state index is 0.00972. The lowest BCUT2D eigenvalue weighted by Gasteiger charge is -2.55. The predicted molar refractivity (Wildman–Crippen MR) is 164 cm³/mol. The third kappa shape index (κ3) is 5.45. The van der Waals surface area contributed by atoms with Crippen LogP contribution >= 0.6 is 0 Å². The van der Waals surface area contributed by atoms with E-state index in [1.54, 1.807) is 11.1 Å². The standard InChI is InChI=1S/C33H43FN6O4/c1-19(2)40(20(3)4)31(42)24-14-22(34)6-9-26(24)44-27-15-35-18-36-30(27)39-16-33(17-39)10-12-38(13-11-33)32(43)28-23-7-8-25(37-28)29(41)21(23)5/h6,9,14-15,18-20,23,25,28-29,37,41H,5,7-8,10-13,16-17H2,1-4H3/t23-,25+,28+,29+/m1/s1. The Morgan fingerprint density at radius 3 is 2.50 bits per heavy atom. The summed E-state index contributed by atoms with van der Waals surface area (Å²) in [5.41, 5.74) is 1.01. The topological polar surface area (TPSA) is 111 Å². The molecule has 1 aromatic carbocycles. The molecular weight excluding hydrogens is 563 g/mol. The zero-order valence-electron chi connectivity index (χ0n) is 26.0. The van der Waals surface area contributed by atoms with Crippen LogP contribution in [0.15, 0.2) is 42.9 Å². The van der Waals surface area contributed by atoms with Crippen LogP contribution in [0.1, 0.15) is 63.7 Å². The fourth-order valence-electron chi connectivity index (χ4n) is 7.65. The van der Waals surface area contributed by atoms with Crippen molar-refractivity contribution in [2.45, 2.75) is 83.6 Å². The lowest BCUT2D eigenvalue weighted by atomic mass is 9.70. The van der Waals surface area contributed by atoms with Gasteiger partial charge in [-0.15, -0.1) is 0 Å². The number of anilines is 1. The summed E-state index contributed by atoms with van der Waals surface area (Å²) in [4.78, 5) is 41.5. The van der Waals surface area contributed by atoms with Gasteiger partial charge in [-0.1, -0.05) is 6.58 Å². The molecular formula is C33H43FN6O4. The van der Waals surface area contributed by atoms with E-state index in [1.807, 2.05) is 32.6 Å². The Morgan fingerprint density at radius 2 is 1.84 bits per heavy atom. The molecule has 2 N–H and O–H groups in total. The monoisotopic (exact) mass is 606 g/mol. The van der Waals surface area contributed by atoms with E-state index in [2.05, 4.69) is 26.8 Å². The summed E-state index contributed by atoms with van der Waals surface area (Å²) in [6, 6.07) is 3.45. The number of aromatic nitrogens is 2. The largest absolute Gasteiger partial charge is 0.451 e. The maximum atomic E-state index is 14.3. The molecule has 1 aromatic heterocycles. The van der Waals surface area contributed by atoms with E-state index < -0.39 is 11.9 Å². The number of hydrogen-bond acceptors (Lipinski definition) is 8. The fraction of sp³-hybridized carbons (Fsp3) is 0.576. The fourth-order valence-corrected chi connectivity index (χ4v) is 7.65. The molecule has 7 rings (SSSR count). The highest BCUT2D eigenvalue weighted by Gasteiger charge is 2.50. The molecule has 4 aliphatic heterocycles. The number of aliphatic hydroxyl groups is 1. The molecule has 0 unspecified atom stereocenters. The second kappa shape index (κ2) is 11.7. The third-order valence-electron chi connectivity index (χ3n) is 9.97. The number of halogens is 1. The highest BCUT2D eigenvalue weighted by atomic mass is 19.1. The molecule has 1 aliphatic carbocycles. The van der Waals surface area contributed by atoms with Crippen molar-refractivity contribution < 1.29 is 23.8 Å². The van der Waals surface area contributed by atoms with Gasteiger partial charge in [-0.2, -0.15) is 0 Å². The van der Waals surface area contributed by atoms with E-state index >= 15 is 0 Å². The summed E-state index contributed by atoms with van der Waals surface area (Å²) in [7, 11) is 0. The average Bonchev–Trinajstić information content (AvgIpc) is 2.98. The highest BCUT2D eigenvalue weighted by molar-refractivity contribution is 5.97. The molecule has 236 valence electrons. The van der Waals surface area contributed by atoms with Crippen LogP contribution in [-0.2, 0) is 4.79 Å². The number of carbonyl (C=O) groups is 2. The lowest BCUT2D eigenvalue weighted by molar-refractivity contribution is -0.139. The predicted octanol–water partition coefficient (Wildman–Crippen LogP) is 3.76. The molecule has 5 aliphatic rings. The Bertz CT molecular complexity index is 1430. The van der Waals surface area contributed by atoms with Crippen LogP contribution in [0.2, 0.25) is 0 Å². The van der Waals surface area contributed by atoms with Gasteiger partial charge < -0.3 is 24.5 Å².